The molecular formula is C24H35N5O9. The van der Waals surface area contributed by atoms with Crippen molar-refractivity contribution in [3.63, 3.8) is 0 Å². The van der Waals surface area contributed by atoms with E-state index in [9.17, 15) is 39.0 Å². The second-order valence-corrected chi connectivity index (χ2v) is 9.11. The SMILES string of the molecule is CC(C)C(NC(=O)C(N)Cc1ccc(O)cc1)C(=O)NC(CCC(=O)O)C(=O)NC(CCC(N)=O)C(=O)O. The van der Waals surface area contributed by atoms with Crippen LogP contribution in [0.25, 0.3) is 0 Å². The molecule has 1 rings (SSSR count). The number of carboxylic acids is 2. The summed E-state index contributed by atoms with van der Waals surface area (Å²) in [5, 5.41) is 34.8. The lowest BCUT2D eigenvalue weighted by molar-refractivity contribution is -0.143. The second kappa shape index (κ2) is 15.1. The highest BCUT2D eigenvalue weighted by molar-refractivity contribution is 5.94. The summed E-state index contributed by atoms with van der Waals surface area (Å²) in [4.78, 5) is 72.0. The van der Waals surface area contributed by atoms with Gasteiger partial charge in [-0.1, -0.05) is 26.0 Å². The average molecular weight is 538 g/mol. The van der Waals surface area contributed by atoms with Crippen molar-refractivity contribution in [2.24, 2.45) is 17.4 Å². The maximum absolute atomic E-state index is 13.0. The van der Waals surface area contributed by atoms with Gasteiger partial charge in [-0.2, -0.15) is 0 Å². The van der Waals surface area contributed by atoms with Gasteiger partial charge in [0, 0.05) is 12.8 Å². The van der Waals surface area contributed by atoms with Crippen LogP contribution in [0.3, 0.4) is 0 Å². The predicted molar refractivity (Wildman–Crippen MR) is 133 cm³/mol. The van der Waals surface area contributed by atoms with Gasteiger partial charge in [-0.25, -0.2) is 4.79 Å². The lowest BCUT2D eigenvalue weighted by Crippen LogP contribution is -2.58. The molecule has 0 saturated heterocycles. The van der Waals surface area contributed by atoms with Crippen LogP contribution in [0.4, 0.5) is 0 Å². The Morgan fingerprint density at radius 1 is 0.816 bits per heavy atom. The van der Waals surface area contributed by atoms with Gasteiger partial charge in [0.25, 0.3) is 0 Å². The average Bonchev–Trinajstić information content (AvgIpc) is 2.82. The number of amides is 4. The maximum Gasteiger partial charge on any atom is 0.326 e. The summed E-state index contributed by atoms with van der Waals surface area (Å²) in [6.07, 6.45) is -1.40. The third-order valence-corrected chi connectivity index (χ3v) is 5.55. The highest BCUT2D eigenvalue weighted by Gasteiger charge is 2.32. The Morgan fingerprint density at radius 3 is 1.87 bits per heavy atom. The van der Waals surface area contributed by atoms with Crippen LogP contribution in [0.1, 0.15) is 45.1 Å². The minimum atomic E-state index is -1.50. The molecule has 4 unspecified atom stereocenters. The number of phenols is 1. The molecule has 10 N–H and O–H groups in total. The molecule has 0 radical (unpaired) electrons. The van der Waals surface area contributed by atoms with Crippen LogP contribution in [0, 0.1) is 5.92 Å². The van der Waals surface area contributed by atoms with Crippen molar-refractivity contribution in [1.29, 1.82) is 0 Å². The van der Waals surface area contributed by atoms with Crippen molar-refractivity contribution in [3.8, 4) is 5.75 Å². The summed E-state index contributed by atoms with van der Waals surface area (Å²) in [5.41, 5.74) is 11.7. The topological polar surface area (TPSA) is 251 Å². The first-order valence-corrected chi connectivity index (χ1v) is 11.9. The first-order chi connectivity index (χ1) is 17.7. The summed E-state index contributed by atoms with van der Waals surface area (Å²) < 4.78 is 0. The van der Waals surface area contributed by atoms with Crippen molar-refractivity contribution in [3.05, 3.63) is 29.8 Å². The van der Waals surface area contributed by atoms with Crippen LogP contribution in [0.15, 0.2) is 24.3 Å². The van der Waals surface area contributed by atoms with Crippen LogP contribution < -0.4 is 27.4 Å². The first kappa shape index (κ1) is 31.8. The van der Waals surface area contributed by atoms with E-state index in [1.165, 1.54) is 12.1 Å². The Hall–Kier alpha value is -4.20. The molecule has 14 nitrogen and oxygen atoms in total. The number of rotatable bonds is 16. The molecule has 1 aromatic rings. The first-order valence-electron chi connectivity index (χ1n) is 11.9. The zero-order valence-corrected chi connectivity index (χ0v) is 21.2. The van der Waals surface area contributed by atoms with Gasteiger partial charge < -0.3 is 42.7 Å². The molecule has 1 aromatic carbocycles. The fourth-order valence-electron chi connectivity index (χ4n) is 3.39. The second-order valence-electron chi connectivity index (χ2n) is 9.11. The lowest BCUT2D eigenvalue weighted by atomic mass is 10.00. The van der Waals surface area contributed by atoms with Crippen LogP contribution in [0.5, 0.6) is 5.75 Å². The molecule has 38 heavy (non-hydrogen) atoms. The Balaban J connectivity index is 2.96. The number of carboxylic acid groups (broad SMARTS) is 2. The fraction of sp³-hybridized carbons (Fsp3) is 0.500. The number of hydrogen-bond acceptors (Lipinski definition) is 8. The van der Waals surface area contributed by atoms with Gasteiger partial charge in [-0.3, -0.25) is 24.0 Å². The normalized spacial score (nSPS) is 14.0. The minimum Gasteiger partial charge on any atom is -0.508 e. The van der Waals surface area contributed by atoms with Gasteiger partial charge in [0.1, 0.15) is 23.9 Å². The Kier molecular flexibility index (Phi) is 12.7. The number of primary amides is 1. The molecule has 0 heterocycles. The lowest BCUT2D eigenvalue weighted by Gasteiger charge is -2.27. The van der Waals surface area contributed by atoms with Crippen LogP contribution in [0.2, 0.25) is 0 Å². The minimum absolute atomic E-state index is 0.0485. The van der Waals surface area contributed by atoms with E-state index < -0.39 is 72.1 Å². The van der Waals surface area contributed by atoms with E-state index in [0.29, 0.717) is 5.56 Å². The molecule has 0 aliphatic heterocycles. The van der Waals surface area contributed by atoms with E-state index in [4.69, 9.17) is 16.6 Å². The number of carbonyl (C=O) groups excluding carboxylic acids is 4. The molecule has 0 aliphatic carbocycles. The highest BCUT2D eigenvalue weighted by atomic mass is 16.4. The number of nitrogens with two attached hydrogens (primary N) is 2. The van der Waals surface area contributed by atoms with E-state index in [1.807, 2.05) is 0 Å². The summed E-state index contributed by atoms with van der Waals surface area (Å²) in [5.74, 6) is -6.34. The Morgan fingerprint density at radius 2 is 1.37 bits per heavy atom. The van der Waals surface area contributed by atoms with E-state index in [1.54, 1.807) is 26.0 Å². The highest BCUT2D eigenvalue weighted by Crippen LogP contribution is 2.12. The molecule has 4 amide bonds. The summed E-state index contributed by atoms with van der Waals surface area (Å²) in [6, 6.07) is 0.921. The zero-order valence-electron chi connectivity index (χ0n) is 21.2. The van der Waals surface area contributed by atoms with Crippen molar-refractivity contribution in [2.75, 3.05) is 0 Å². The number of nitrogens with one attached hydrogen (secondary N) is 3. The summed E-state index contributed by atoms with van der Waals surface area (Å²) in [7, 11) is 0. The number of benzene rings is 1. The molecule has 0 spiro atoms. The number of hydrogen-bond donors (Lipinski definition) is 8. The van der Waals surface area contributed by atoms with Crippen molar-refractivity contribution in [2.45, 2.75) is 70.1 Å². The molecule has 0 aromatic heterocycles. The van der Waals surface area contributed by atoms with E-state index in [2.05, 4.69) is 16.0 Å². The Bertz CT molecular complexity index is 1010. The van der Waals surface area contributed by atoms with Gasteiger partial charge in [-0.05, 0) is 42.9 Å². The molecule has 4 atom stereocenters. The van der Waals surface area contributed by atoms with E-state index in [-0.39, 0.29) is 31.4 Å². The van der Waals surface area contributed by atoms with Crippen molar-refractivity contribution >= 4 is 35.6 Å². The van der Waals surface area contributed by atoms with E-state index >= 15 is 0 Å². The third-order valence-electron chi connectivity index (χ3n) is 5.55. The number of aliphatic carboxylic acids is 2. The third kappa shape index (κ3) is 11.2. The molecule has 0 aliphatic rings. The van der Waals surface area contributed by atoms with Crippen LogP contribution in [-0.4, -0.2) is 75.1 Å². The molecule has 0 saturated carbocycles. The van der Waals surface area contributed by atoms with Crippen LogP contribution in [-0.2, 0) is 35.2 Å². The maximum atomic E-state index is 13.0. The monoisotopic (exact) mass is 537 g/mol. The van der Waals surface area contributed by atoms with Crippen LogP contribution >= 0.6 is 0 Å². The van der Waals surface area contributed by atoms with Crippen molar-refractivity contribution in [1.82, 2.24) is 16.0 Å². The van der Waals surface area contributed by atoms with Gasteiger partial charge in [-0.15, -0.1) is 0 Å². The van der Waals surface area contributed by atoms with Crippen molar-refractivity contribution < 1.29 is 44.1 Å². The Labute approximate surface area is 219 Å². The summed E-state index contributed by atoms with van der Waals surface area (Å²) in [6.45, 7) is 3.26. The molecule has 14 heteroatoms. The van der Waals surface area contributed by atoms with Gasteiger partial charge >= 0.3 is 11.9 Å². The number of carbonyl (C=O) groups is 6. The zero-order chi connectivity index (χ0) is 29.0. The molecular weight excluding hydrogens is 502 g/mol. The molecule has 210 valence electrons. The smallest absolute Gasteiger partial charge is 0.326 e. The number of phenolic OH excluding ortho intramolecular Hbond substituents is 1. The molecule has 0 fully saturated rings. The molecule has 0 bridgehead atoms. The summed E-state index contributed by atoms with van der Waals surface area (Å²) >= 11 is 0. The fourth-order valence-corrected chi connectivity index (χ4v) is 3.39. The van der Waals surface area contributed by atoms with E-state index in [0.717, 1.165) is 0 Å². The quantitative estimate of drug-likeness (QED) is 0.122. The standard InChI is InChI=1S/C24H35N5O9/c1-12(2)20(29-21(34)15(25)11-13-3-5-14(30)6-4-13)23(36)27-16(8-10-19(32)33)22(35)28-17(24(37)38)7-9-18(26)31/h3-6,12,15-17,20,30H,7-11,25H2,1-2H3,(H2,26,31)(H,27,36)(H,28,35)(H,29,34)(H,32,33)(H,37,38). The van der Waals surface area contributed by atoms with Gasteiger partial charge in [0.15, 0.2) is 0 Å². The largest absolute Gasteiger partial charge is 0.508 e. The van der Waals surface area contributed by atoms with Gasteiger partial charge in [0.2, 0.25) is 23.6 Å². The van der Waals surface area contributed by atoms with Gasteiger partial charge in [0.05, 0.1) is 6.04 Å². The number of aromatic hydroxyl groups is 1. The predicted octanol–water partition coefficient (Wildman–Crippen LogP) is -1.41.